The first-order valence-electron chi connectivity index (χ1n) is 32.0. The molecule has 20 heteroatoms. The number of nitrogens with one attached hydrogen (secondary N) is 9. The molecular weight excluding hydrogens is 1150 g/mol. The number of carbonyl (C=O) groups is 8. The van der Waals surface area contributed by atoms with Crippen LogP contribution in [-0.2, 0) is 59.2 Å². The zero-order valence-corrected chi connectivity index (χ0v) is 53.5. The summed E-state index contributed by atoms with van der Waals surface area (Å²) in [5, 5.41) is 39.2. The summed E-state index contributed by atoms with van der Waals surface area (Å²) < 4.78 is 5.59. The number of hydrogen-bond donors (Lipinski definition) is 10. The van der Waals surface area contributed by atoms with Gasteiger partial charge in [0.1, 0.15) is 23.7 Å². The van der Waals surface area contributed by atoms with Crippen molar-refractivity contribution in [2.75, 3.05) is 25.4 Å². The van der Waals surface area contributed by atoms with E-state index in [4.69, 9.17) is 4.74 Å². The summed E-state index contributed by atoms with van der Waals surface area (Å²) >= 11 is 1.88. The van der Waals surface area contributed by atoms with Gasteiger partial charge in [-0.2, -0.15) is 11.8 Å². The highest BCUT2D eigenvalue weighted by atomic mass is 32.2. The highest BCUT2D eigenvalue weighted by Gasteiger charge is 2.42. The SMILES string of the molecule is CC(C)C[C@H](NC(=O)[C@H](Cc1ccccc1)NC(=O)[C@H](Cc1ccccc1)C[C@@H](O)[C@H](Cc1ccccc1)NC(=O)OC(C)(C)C)C(=O)N[C@@H](Cc1ccccc1)C(=O)NCCCCCNC(=O)CCCCCNC(=O)CCCC[C@@H]1SC[C@@H]2NC(=O)N[C@@H]21. The Morgan fingerprint density at radius 1 is 0.539 bits per heavy atom. The van der Waals surface area contributed by atoms with Crippen LogP contribution in [0, 0.1) is 11.8 Å². The van der Waals surface area contributed by atoms with Crippen LogP contribution in [0.1, 0.15) is 140 Å². The number of hydrogen-bond acceptors (Lipinski definition) is 11. The second-order valence-electron chi connectivity index (χ2n) is 25.1. The highest BCUT2D eigenvalue weighted by Crippen LogP contribution is 2.33. The van der Waals surface area contributed by atoms with E-state index in [-0.39, 0.29) is 80.3 Å². The number of fused-ring (bicyclic) bond motifs is 1. The van der Waals surface area contributed by atoms with E-state index in [2.05, 4.69) is 47.9 Å². The van der Waals surface area contributed by atoms with Crippen LogP contribution in [0.4, 0.5) is 9.59 Å². The van der Waals surface area contributed by atoms with Gasteiger partial charge in [0.15, 0.2) is 0 Å². The van der Waals surface area contributed by atoms with Gasteiger partial charge in [-0.25, -0.2) is 9.59 Å². The van der Waals surface area contributed by atoms with Gasteiger partial charge in [0.25, 0.3) is 0 Å². The quantitative estimate of drug-likeness (QED) is 0.0155. The Bertz CT molecular complexity index is 2830. The lowest BCUT2D eigenvalue weighted by Gasteiger charge is -2.30. The van der Waals surface area contributed by atoms with Crippen molar-refractivity contribution in [3.8, 4) is 0 Å². The Labute approximate surface area is 530 Å². The molecule has 4 aromatic carbocycles. The van der Waals surface area contributed by atoms with Gasteiger partial charge in [-0.3, -0.25) is 28.8 Å². The van der Waals surface area contributed by atoms with E-state index in [1.54, 1.807) is 20.8 Å². The Kier molecular flexibility index (Phi) is 29.8. The Hall–Kier alpha value is -7.45. The van der Waals surface area contributed by atoms with E-state index >= 15 is 0 Å². The number of urea groups is 1. The molecule has 9 amide bonds. The molecule has 6 rings (SSSR count). The fourth-order valence-electron chi connectivity index (χ4n) is 11.2. The summed E-state index contributed by atoms with van der Waals surface area (Å²) in [5.74, 6) is -2.06. The second kappa shape index (κ2) is 37.5. The Morgan fingerprint density at radius 3 is 1.54 bits per heavy atom. The van der Waals surface area contributed by atoms with Crippen LogP contribution in [0.3, 0.4) is 0 Å². The van der Waals surface area contributed by atoms with Crippen molar-refractivity contribution < 1.29 is 48.2 Å². The third-order valence-corrected chi connectivity index (χ3v) is 17.3. The fraction of sp³-hybridized carbons (Fsp3) is 0.536. The van der Waals surface area contributed by atoms with Gasteiger partial charge in [-0.1, -0.05) is 148 Å². The predicted octanol–water partition coefficient (Wildman–Crippen LogP) is 7.52. The number of unbranched alkanes of at least 4 members (excludes halogenated alkanes) is 5. The molecule has 9 atom stereocenters. The van der Waals surface area contributed by atoms with E-state index in [0.29, 0.717) is 50.6 Å². The van der Waals surface area contributed by atoms with Gasteiger partial charge in [-0.05, 0) is 120 Å². The number of benzene rings is 4. The van der Waals surface area contributed by atoms with Gasteiger partial charge in [0, 0.05) is 62.2 Å². The van der Waals surface area contributed by atoms with Crippen LogP contribution in [0.15, 0.2) is 121 Å². The van der Waals surface area contributed by atoms with Crippen molar-refractivity contribution in [3.63, 3.8) is 0 Å². The van der Waals surface area contributed by atoms with E-state index in [9.17, 15) is 43.5 Å². The van der Waals surface area contributed by atoms with Gasteiger partial charge >= 0.3 is 12.1 Å². The Morgan fingerprint density at radius 2 is 1.00 bits per heavy atom. The molecule has 0 unspecified atom stereocenters. The largest absolute Gasteiger partial charge is 0.444 e. The minimum Gasteiger partial charge on any atom is -0.444 e. The lowest BCUT2D eigenvalue weighted by molar-refractivity contribution is -0.135. The molecule has 4 aromatic rings. The molecule has 2 aliphatic heterocycles. The second-order valence-corrected chi connectivity index (χ2v) is 26.3. The maximum Gasteiger partial charge on any atom is 0.407 e. The van der Waals surface area contributed by atoms with Crippen molar-refractivity contribution in [2.45, 2.75) is 197 Å². The molecule has 484 valence electrons. The lowest BCUT2D eigenvalue weighted by atomic mass is 9.88. The van der Waals surface area contributed by atoms with Crippen molar-refractivity contribution in [1.29, 1.82) is 0 Å². The number of amides is 9. The summed E-state index contributed by atoms with van der Waals surface area (Å²) in [6.07, 6.45) is 6.95. The van der Waals surface area contributed by atoms with Crippen LogP contribution in [0.5, 0.6) is 0 Å². The van der Waals surface area contributed by atoms with Crippen LogP contribution in [0.25, 0.3) is 0 Å². The maximum absolute atomic E-state index is 14.8. The standard InChI is InChI=1S/C69H97N9O10S/c1-47(2)40-54(74-66(85)56(44-51-32-18-9-19-33-51)73-63(82)52(41-48-26-12-6-13-27-48)45-58(79)53(42-49-28-14-7-15-29-49)77-68(87)88-69(3,4)5)65(84)75-55(43-50-30-16-8-17-31-50)64(83)72-39-25-11-24-38-71-60(80)35-20-10-23-37-70-61(81)36-22-21-34-59-62-57(46-89-59)76-67(86)78-62/h6-9,12-19,26-33,47,52-59,62,79H,10-11,20-25,34-46H2,1-5H3,(H,70,81)(H,71,80)(H,72,83)(H,73,82)(H,74,85)(H,75,84)(H,77,87)(H2,76,78,86)/t52-,53+,54+,55+,56+,57+,58-,59+,62+/m1/s1. The summed E-state index contributed by atoms with van der Waals surface area (Å²) in [4.78, 5) is 108. The van der Waals surface area contributed by atoms with Crippen LogP contribution in [-0.4, -0.2) is 131 Å². The monoisotopic (exact) mass is 1240 g/mol. The third-order valence-electron chi connectivity index (χ3n) is 15.8. The molecule has 89 heavy (non-hydrogen) atoms. The van der Waals surface area contributed by atoms with Crippen molar-refractivity contribution in [2.24, 2.45) is 11.8 Å². The van der Waals surface area contributed by atoms with Gasteiger partial charge in [0.2, 0.25) is 35.4 Å². The normalized spacial score (nSPS) is 17.2. The van der Waals surface area contributed by atoms with E-state index < -0.39 is 65.6 Å². The molecule has 0 aliphatic carbocycles. The van der Waals surface area contributed by atoms with Crippen LogP contribution < -0.4 is 47.9 Å². The zero-order chi connectivity index (χ0) is 64.0. The first kappa shape index (κ1) is 70.6. The first-order valence-corrected chi connectivity index (χ1v) is 33.1. The Balaban J connectivity index is 0.991. The summed E-state index contributed by atoms with van der Waals surface area (Å²) in [5.41, 5.74) is 2.45. The molecule has 0 spiro atoms. The average molecular weight is 1240 g/mol. The van der Waals surface area contributed by atoms with Crippen molar-refractivity contribution >= 4 is 59.3 Å². The number of aliphatic hydroxyl groups excluding tert-OH is 1. The molecule has 19 nitrogen and oxygen atoms in total. The number of ether oxygens (including phenoxy) is 1. The van der Waals surface area contributed by atoms with E-state index in [1.807, 2.05) is 147 Å². The van der Waals surface area contributed by atoms with E-state index in [1.165, 1.54) is 0 Å². The van der Waals surface area contributed by atoms with Crippen molar-refractivity contribution in [1.82, 2.24) is 47.9 Å². The number of alkyl carbamates (subject to hydrolysis) is 1. The smallest absolute Gasteiger partial charge is 0.407 e. The van der Waals surface area contributed by atoms with Crippen LogP contribution >= 0.6 is 11.8 Å². The van der Waals surface area contributed by atoms with E-state index in [0.717, 1.165) is 73.0 Å². The topological polar surface area (TPSA) is 274 Å². The molecule has 10 N–H and O–H groups in total. The molecule has 0 aromatic heterocycles. The average Bonchev–Trinajstić information content (AvgIpc) is 2.51. The minimum atomic E-state index is -1.23. The first-order chi connectivity index (χ1) is 42.8. The molecule has 0 radical (unpaired) electrons. The molecule has 2 heterocycles. The minimum absolute atomic E-state index is 0.0237. The molecule has 2 fully saturated rings. The summed E-state index contributed by atoms with van der Waals surface area (Å²) in [7, 11) is 0. The summed E-state index contributed by atoms with van der Waals surface area (Å²) in [6, 6.07) is 33.5. The molecular formula is C69H97N9O10S. The number of thioether (sulfide) groups is 1. The lowest BCUT2D eigenvalue weighted by Crippen LogP contribution is -2.58. The molecule has 0 bridgehead atoms. The fourth-order valence-corrected chi connectivity index (χ4v) is 12.7. The molecule has 0 saturated carbocycles. The van der Waals surface area contributed by atoms with Gasteiger partial charge in [-0.15, -0.1) is 0 Å². The van der Waals surface area contributed by atoms with Crippen LogP contribution in [0.2, 0.25) is 0 Å². The van der Waals surface area contributed by atoms with Crippen molar-refractivity contribution in [3.05, 3.63) is 144 Å². The number of carbonyl (C=O) groups excluding carboxylic acids is 8. The number of aliphatic hydroxyl groups is 1. The molecule has 2 aliphatic rings. The molecule has 2 saturated heterocycles. The maximum atomic E-state index is 14.8. The third kappa shape index (κ3) is 26.7. The highest BCUT2D eigenvalue weighted by molar-refractivity contribution is 8.00. The predicted molar refractivity (Wildman–Crippen MR) is 348 cm³/mol. The zero-order valence-electron chi connectivity index (χ0n) is 52.7. The van der Waals surface area contributed by atoms with Gasteiger partial charge < -0.3 is 57.7 Å². The summed E-state index contributed by atoms with van der Waals surface area (Å²) in [6.45, 7) is 10.5. The number of rotatable bonds is 38. The van der Waals surface area contributed by atoms with Gasteiger partial charge in [0.05, 0.1) is 24.2 Å².